The van der Waals surface area contributed by atoms with Crippen LogP contribution in [0.1, 0.15) is 245 Å². The zero-order valence-corrected chi connectivity index (χ0v) is 42.6. The van der Waals surface area contributed by atoms with Gasteiger partial charge in [-0.3, -0.25) is 0 Å². The zero-order valence-electron chi connectivity index (χ0n) is 42.6. The average molecular weight is 921 g/mol. The number of nitrogens with zero attached hydrogens (tertiary/aromatic N) is 1. The van der Waals surface area contributed by atoms with Crippen LogP contribution in [0.25, 0.3) is 0 Å². The molecule has 372 valence electrons. The summed E-state index contributed by atoms with van der Waals surface area (Å²) in [5.41, 5.74) is 0.870. The van der Waals surface area contributed by atoms with E-state index in [1.165, 1.54) is 222 Å². The van der Waals surface area contributed by atoms with E-state index in [2.05, 4.69) is 27.7 Å². The SMILES string of the molecule is CCCCCCCCCC[N+](CCCCCCCCCC)(CCCCCCCCCC)C(CCCCCCCCC)c1cc(F)ccc1OB(Oc1ccc(F)cc1)Oc1ccc(F)cc1. The van der Waals surface area contributed by atoms with Crippen molar-refractivity contribution in [2.45, 2.75) is 239 Å². The van der Waals surface area contributed by atoms with Gasteiger partial charge in [0.15, 0.2) is 0 Å². The van der Waals surface area contributed by atoms with Crippen LogP contribution in [0.5, 0.6) is 17.2 Å². The molecule has 0 bridgehead atoms. The Hall–Kier alpha value is -3.13. The van der Waals surface area contributed by atoms with Crippen LogP contribution in [0.2, 0.25) is 0 Å². The summed E-state index contributed by atoms with van der Waals surface area (Å²) in [7, 11) is -1.31. The Labute approximate surface area is 403 Å². The van der Waals surface area contributed by atoms with Gasteiger partial charge in [-0.25, -0.2) is 13.2 Å². The van der Waals surface area contributed by atoms with E-state index in [0.717, 1.165) is 68.2 Å². The molecule has 3 rings (SSSR count). The van der Waals surface area contributed by atoms with Crippen LogP contribution in [0, 0.1) is 17.5 Å². The minimum Gasteiger partial charge on any atom is -0.490 e. The Morgan fingerprint density at radius 2 is 0.697 bits per heavy atom. The Morgan fingerprint density at radius 3 is 1.06 bits per heavy atom. The lowest BCUT2D eigenvalue weighted by molar-refractivity contribution is -0.958. The molecule has 0 heterocycles. The summed E-state index contributed by atoms with van der Waals surface area (Å²) in [6.07, 6.45) is 39.9. The molecule has 4 nitrogen and oxygen atoms in total. The minimum atomic E-state index is -1.31. The van der Waals surface area contributed by atoms with E-state index in [-0.39, 0.29) is 23.5 Å². The van der Waals surface area contributed by atoms with Crippen LogP contribution < -0.4 is 14.0 Å². The number of rotatable bonds is 43. The summed E-state index contributed by atoms with van der Waals surface area (Å²) in [4.78, 5) is 0. The van der Waals surface area contributed by atoms with Gasteiger partial charge in [0.2, 0.25) is 0 Å². The summed E-state index contributed by atoms with van der Waals surface area (Å²) in [5.74, 6) is 0.205. The highest BCUT2D eigenvalue weighted by atomic mass is 19.1. The second-order valence-corrected chi connectivity index (χ2v) is 19.5. The number of hydrogen-bond acceptors (Lipinski definition) is 3. The van der Waals surface area contributed by atoms with Crippen molar-refractivity contribution in [1.29, 1.82) is 0 Å². The van der Waals surface area contributed by atoms with E-state index in [0.29, 0.717) is 17.2 Å². The van der Waals surface area contributed by atoms with Gasteiger partial charge in [-0.2, -0.15) is 0 Å². The Bertz CT molecular complexity index is 1490. The van der Waals surface area contributed by atoms with Crippen molar-refractivity contribution in [3.63, 3.8) is 0 Å². The van der Waals surface area contributed by atoms with Crippen molar-refractivity contribution >= 4 is 7.32 Å². The lowest BCUT2D eigenvalue weighted by atomic mass is 9.92. The van der Waals surface area contributed by atoms with Gasteiger partial charge in [0.25, 0.3) is 0 Å². The van der Waals surface area contributed by atoms with Crippen LogP contribution in [0.15, 0.2) is 66.7 Å². The van der Waals surface area contributed by atoms with E-state index in [4.69, 9.17) is 14.0 Å². The highest BCUT2D eigenvalue weighted by Crippen LogP contribution is 2.41. The molecular formula is C58H94BF3NO3+. The average Bonchev–Trinajstić information content (AvgIpc) is 3.32. The highest BCUT2D eigenvalue weighted by Gasteiger charge is 2.40. The van der Waals surface area contributed by atoms with Crippen molar-refractivity contribution in [1.82, 2.24) is 0 Å². The van der Waals surface area contributed by atoms with E-state index >= 15 is 4.39 Å². The molecule has 0 aliphatic rings. The van der Waals surface area contributed by atoms with Crippen molar-refractivity contribution < 1.29 is 31.6 Å². The molecule has 3 aromatic rings. The summed E-state index contributed by atoms with van der Waals surface area (Å²) in [6.45, 7) is 12.3. The molecule has 1 atom stereocenters. The van der Waals surface area contributed by atoms with Gasteiger partial charge < -0.3 is 18.4 Å². The second kappa shape index (κ2) is 36.9. The fraction of sp³-hybridized carbons (Fsp3) is 0.690. The zero-order chi connectivity index (χ0) is 47.3. The summed E-state index contributed by atoms with van der Waals surface area (Å²) in [6, 6.07) is 16.4. The predicted molar refractivity (Wildman–Crippen MR) is 275 cm³/mol. The maximum Gasteiger partial charge on any atom is 0.864 e. The number of hydrogen-bond donors (Lipinski definition) is 0. The maximum absolute atomic E-state index is 16.0. The Balaban J connectivity index is 2.08. The lowest BCUT2D eigenvalue weighted by Crippen LogP contribution is -2.53. The quantitative estimate of drug-likeness (QED) is 0.0322. The molecule has 1 unspecified atom stereocenters. The molecule has 0 saturated heterocycles. The largest absolute Gasteiger partial charge is 0.864 e. The molecule has 0 aliphatic carbocycles. The van der Waals surface area contributed by atoms with Gasteiger partial charge in [-0.15, -0.1) is 0 Å². The first-order valence-corrected chi connectivity index (χ1v) is 27.5. The van der Waals surface area contributed by atoms with Crippen LogP contribution in [-0.4, -0.2) is 31.4 Å². The predicted octanol–water partition coefficient (Wildman–Crippen LogP) is 19.0. The number of benzene rings is 3. The van der Waals surface area contributed by atoms with Crippen LogP contribution >= 0.6 is 0 Å². The van der Waals surface area contributed by atoms with Crippen LogP contribution in [0.3, 0.4) is 0 Å². The number of quaternary nitrogens is 1. The third kappa shape index (κ3) is 24.8. The highest BCUT2D eigenvalue weighted by molar-refractivity contribution is 6.39. The van der Waals surface area contributed by atoms with E-state index in [9.17, 15) is 8.78 Å². The van der Waals surface area contributed by atoms with Gasteiger partial charge in [0, 0.05) is 6.42 Å². The van der Waals surface area contributed by atoms with Gasteiger partial charge >= 0.3 is 7.32 Å². The molecule has 0 fully saturated rings. The maximum atomic E-state index is 16.0. The van der Waals surface area contributed by atoms with Crippen molar-refractivity contribution in [3.8, 4) is 17.2 Å². The molecule has 3 aromatic carbocycles. The summed E-state index contributed by atoms with van der Waals surface area (Å²) < 4.78 is 64.4. The van der Waals surface area contributed by atoms with Crippen molar-refractivity contribution in [2.24, 2.45) is 0 Å². The molecule has 0 aromatic heterocycles. The second-order valence-electron chi connectivity index (χ2n) is 19.5. The molecule has 8 heteroatoms. The first-order valence-electron chi connectivity index (χ1n) is 27.5. The Morgan fingerprint density at radius 1 is 0.379 bits per heavy atom. The Kier molecular flexibility index (Phi) is 31.9. The molecule has 0 amide bonds. The molecule has 0 saturated carbocycles. The van der Waals surface area contributed by atoms with Crippen LogP contribution in [0.4, 0.5) is 13.2 Å². The van der Waals surface area contributed by atoms with E-state index < -0.39 is 7.32 Å². The molecule has 0 N–H and O–H groups in total. The smallest absolute Gasteiger partial charge is 0.490 e. The van der Waals surface area contributed by atoms with Gasteiger partial charge in [0.05, 0.1) is 25.2 Å². The van der Waals surface area contributed by atoms with Crippen molar-refractivity contribution in [3.05, 3.63) is 89.7 Å². The fourth-order valence-corrected chi connectivity index (χ4v) is 9.82. The lowest BCUT2D eigenvalue weighted by Gasteiger charge is -2.46. The third-order valence-corrected chi connectivity index (χ3v) is 13.8. The monoisotopic (exact) mass is 921 g/mol. The van der Waals surface area contributed by atoms with E-state index in [1.54, 1.807) is 12.1 Å². The summed E-state index contributed by atoms with van der Waals surface area (Å²) in [5, 5.41) is 0. The molecular weight excluding hydrogens is 826 g/mol. The fourth-order valence-electron chi connectivity index (χ4n) is 9.82. The number of unbranched alkanes of at least 4 members (excludes halogenated alkanes) is 27. The van der Waals surface area contributed by atoms with E-state index in [1.807, 2.05) is 0 Å². The minimum absolute atomic E-state index is 0.0160. The van der Waals surface area contributed by atoms with Crippen LogP contribution in [-0.2, 0) is 0 Å². The first-order chi connectivity index (χ1) is 32.3. The molecule has 66 heavy (non-hydrogen) atoms. The molecule has 0 radical (unpaired) electrons. The van der Waals surface area contributed by atoms with Gasteiger partial charge in [0.1, 0.15) is 40.7 Å². The van der Waals surface area contributed by atoms with Gasteiger partial charge in [-0.05, 0) is 112 Å². The first kappa shape index (κ1) is 57.2. The van der Waals surface area contributed by atoms with Gasteiger partial charge in [-0.1, -0.05) is 182 Å². The molecule has 0 aliphatic heterocycles. The molecule has 0 spiro atoms. The summed E-state index contributed by atoms with van der Waals surface area (Å²) >= 11 is 0. The van der Waals surface area contributed by atoms with Crippen molar-refractivity contribution in [2.75, 3.05) is 19.6 Å². The topological polar surface area (TPSA) is 27.7 Å². The standard InChI is InChI=1S/C58H94BF3NO3/c1-5-9-13-17-21-25-29-33-47-63(48-34-30-26-22-18-14-10-6-2,49-35-31-27-23-19-15-11-7-3)57(36-32-28-24-20-16-12-8-4)56-50-53(62)41-46-58(56)66-59(64-54-42-37-51(60)38-43-54)65-55-44-39-52(61)40-45-55/h37-46,50,57H,5-36,47-49H2,1-4H3/q+1. The third-order valence-electron chi connectivity index (χ3n) is 13.8. The normalized spacial score (nSPS) is 12.1. The number of halogens is 3.